The third-order valence-corrected chi connectivity index (χ3v) is 17.3. The first-order valence-corrected chi connectivity index (χ1v) is 36.4. The van der Waals surface area contributed by atoms with Crippen molar-refractivity contribution in [3.8, 4) is 0 Å². The predicted molar refractivity (Wildman–Crippen MR) is 347 cm³/mol. The van der Waals surface area contributed by atoms with Gasteiger partial charge in [-0.2, -0.15) is 0 Å². The number of carbonyl (C=O) groups excluding carboxylic acids is 2. The van der Waals surface area contributed by atoms with Crippen LogP contribution in [0, 0.1) is 0 Å². The molecule has 0 aliphatic rings. The van der Waals surface area contributed by atoms with Crippen LogP contribution in [0.15, 0.2) is 12.2 Å². The number of nitrogens with one attached hydrogen (secondary N) is 1. The normalized spacial score (nSPS) is 12.5. The Hall–Kier alpha value is -1.40. The van der Waals surface area contributed by atoms with Gasteiger partial charge >= 0.3 is 5.97 Å². The summed E-state index contributed by atoms with van der Waals surface area (Å²) in [6.45, 7) is 4.99. The molecule has 0 spiro atoms. The molecular formula is C73H143NO5. The Kier molecular flexibility index (Phi) is 67.9. The lowest BCUT2D eigenvalue weighted by atomic mass is 10.0. The van der Waals surface area contributed by atoms with E-state index in [0.717, 1.165) is 44.9 Å². The summed E-state index contributed by atoms with van der Waals surface area (Å²) in [6.07, 6.45) is 85.5. The summed E-state index contributed by atoms with van der Waals surface area (Å²) in [4.78, 5) is 24.6. The van der Waals surface area contributed by atoms with Gasteiger partial charge < -0.3 is 20.3 Å². The van der Waals surface area contributed by atoms with Gasteiger partial charge in [-0.3, -0.25) is 9.59 Å². The number of amides is 1. The average molecular weight is 1110 g/mol. The molecule has 0 rings (SSSR count). The maximum absolute atomic E-state index is 12.6. The number of hydrogen-bond donors (Lipinski definition) is 3. The van der Waals surface area contributed by atoms with Crippen LogP contribution in [0.2, 0.25) is 0 Å². The quantitative estimate of drug-likeness (QED) is 0.0320. The minimum absolute atomic E-state index is 0.00786. The molecule has 6 heteroatoms. The van der Waals surface area contributed by atoms with Gasteiger partial charge in [-0.05, 0) is 51.4 Å². The minimum Gasteiger partial charge on any atom is -0.466 e. The van der Waals surface area contributed by atoms with Gasteiger partial charge in [0.1, 0.15) is 0 Å². The summed E-state index contributed by atoms with van der Waals surface area (Å²) in [5, 5.41) is 23.5. The average Bonchev–Trinajstić information content (AvgIpc) is 3.45. The van der Waals surface area contributed by atoms with Crippen LogP contribution in [0.25, 0.3) is 0 Å². The van der Waals surface area contributed by atoms with Crippen molar-refractivity contribution in [2.45, 2.75) is 431 Å². The largest absolute Gasteiger partial charge is 0.466 e. The van der Waals surface area contributed by atoms with Crippen LogP contribution >= 0.6 is 0 Å². The highest BCUT2D eigenvalue weighted by Crippen LogP contribution is 2.20. The van der Waals surface area contributed by atoms with Crippen LogP contribution in [0.4, 0.5) is 0 Å². The highest BCUT2D eigenvalue weighted by Gasteiger charge is 2.20. The number of ether oxygens (including phenoxy) is 1. The SMILES string of the molecule is CCCCCCCC/C=C\CCCCCCCC(=O)OCCCCCCCCCCCCCCCCCCCCCCCCCC(=O)NC(CO)C(O)CCCCCCCCCCCCCCCCCCCCCCCCCC. The van der Waals surface area contributed by atoms with E-state index in [-0.39, 0.29) is 18.5 Å². The molecule has 0 aliphatic heterocycles. The molecule has 0 aromatic carbocycles. The van der Waals surface area contributed by atoms with E-state index in [4.69, 9.17) is 4.74 Å². The van der Waals surface area contributed by atoms with Gasteiger partial charge in [-0.1, -0.05) is 366 Å². The minimum atomic E-state index is -0.665. The number of aliphatic hydroxyl groups is 2. The van der Waals surface area contributed by atoms with Crippen LogP contribution in [0.3, 0.4) is 0 Å². The van der Waals surface area contributed by atoms with E-state index < -0.39 is 12.1 Å². The van der Waals surface area contributed by atoms with Gasteiger partial charge in [0.05, 0.1) is 25.4 Å². The van der Waals surface area contributed by atoms with Gasteiger partial charge in [-0.15, -0.1) is 0 Å². The highest BCUT2D eigenvalue weighted by molar-refractivity contribution is 5.76. The van der Waals surface area contributed by atoms with E-state index in [9.17, 15) is 19.8 Å². The van der Waals surface area contributed by atoms with Gasteiger partial charge in [0.2, 0.25) is 5.91 Å². The van der Waals surface area contributed by atoms with Crippen molar-refractivity contribution < 1.29 is 24.5 Å². The summed E-state index contributed by atoms with van der Waals surface area (Å²) in [7, 11) is 0. The lowest BCUT2D eigenvalue weighted by Gasteiger charge is -2.22. The molecule has 0 saturated carbocycles. The second-order valence-corrected chi connectivity index (χ2v) is 25.3. The first-order valence-electron chi connectivity index (χ1n) is 36.4. The van der Waals surface area contributed by atoms with Crippen LogP contribution in [0.1, 0.15) is 418 Å². The number of rotatable bonds is 69. The Labute approximate surface area is 495 Å². The van der Waals surface area contributed by atoms with Crippen LogP contribution in [0.5, 0.6) is 0 Å². The fourth-order valence-corrected chi connectivity index (χ4v) is 11.8. The zero-order chi connectivity index (χ0) is 57.1. The summed E-state index contributed by atoms with van der Waals surface area (Å²) < 4.78 is 5.49. The molecule has 3 N–H and O–H groups in total. The lowest BCUT2D eigenvalue weighted by molar-refractivity contribution is -0.143. The molecule has 79 heavy (non-hydrogen) atoms. The monoisotopic (exact) mass is 1110 g/mol. The molecule has 470 valence electrons. The first-order chi connectivity index (χ1) is 39.0. The molecule has 2 atom stereocenters. The number of esters is 1. The van der Waals surface area contributed by atoms with E-state index in [0.29, 0.717) is 25.9 Å². The fraction of sp³-hybridized carbons (Fsp3) is 0.945. The summed E-state index contributed by atoms with van der Waals surface area (Å²) in [5.74, 6) is -0.0211. The van der Waals surface area contributed by atoms with Gasteiger partial charge in [0.15, 0.2) is 0 Å². The molecular weight excluding hydrogens is 971 g/mol. The van der Waals surface area contributed by atoms with Crippen molar-refractivity contribution in [2.75, 3.05) is 13.2 Å². The van der Waals surface area contributed by atoms with Crippen LogP contribution in [-0.2, 0) is 14.3 Å². The Morgan fingerprint density at radius 2 is 0.595 bits per heavy atom. The van der Waals surface area contributed by atoms with E-state index >= 15 is 0 Å². The molecule has 1 amide bonds. The highest BCUT2D eigenvalue weighted by atomic mass is 16.5. The zero-order valence-electron chi connectivity index (χ0n) is 53.9. The molecule has 0 heterocycles. The molecule has 0 bridgehead atoms. The molecule has 2 unspecified atom stereocenters. The molecule has 0 aliphatic carbocycles. The maximum Gasteiger partial charge on any atom is 0.305 e. The molecule has 0 aromatic rings. The Balaban J connectivity index is 3.37. The Bertz CT molecular complexity index is 1190. The standard InChI is InChI=1S/C73H143NO5/c1-3-5-7-9-11-13-15-17-19-20-21-22-23-25-28-31-34-38-41-45-49-53-57-61-65-71(76)70(69-75)74-72(77)66-62-58-54-50-46-42-39-35-32-29-26-24-27-30-33-36-40-44-48-52-56-60-64-68-79-73(78)67-63-59-55-51-47-43-37-18-16-14-12-10-8-6-4-2/h18,37,70-71,75-76H,3-17,19-36,38-69H2,1-2H3,(H,74,77)/b37-18-. The van der Waals surface area contributed by atoms with Crippen molar-refractivity contribution in [1.29, 1.82) is 0 Å². The molecule has 0 aromatic heterocycles. The van der Waals surface area contributed by atoms with E-state index in [1.54, 1.807) is 0 Å². The van der Waals surface area contributed by atoms with Gasteiger partial charge in [0.25, 0.3) is 0 Å². The van der Waals surface area contributed by atoms with Crippen molar-refractivity contribution in [2.24, 2.45) is 0 Å². The second-order valence-electron chi connectivity index (χ2n) is 25.3. The van der Waals surface area contributed by atoms with Crippen molar-refractivity contribution in [3.05, 3.63) is 12.2 Å². The maximum atomic E-state index is 12.6. The third kappa shape index (κ3) is 65.6. The molecule has 0 saturated heterocycles. The third-order valence-electron chi connectivity index (χ3n) is 17.3. The topological polar surface area (TPSA) is 95.9 Å². The van der Waals surface area contributed by atoms with Crippen LogP contribution in [-0.4, -0.2) is 47.4 Å². The Morgan fingerprint density at radius 3 is 0.899 bits per heavy atom. The molecule has 6 nitrogen and oxygen atoms in total. The number of unbranched alkanes of at least 4 members (excludes halogenated alkanes) is 56. The fourth-order valence-electron chi connectivity index (χ4n) is 11.8. The van der Waals surface area contributed by atoms with Crippen molar-refractivity contribution in [3.63, 3.8) is 0 Å². The van der Waals surface area contributed by atoms with Gasteiger partial charge in [-0.25, -0.2) is 0 Å². The molecule has 0 radical (unpaired) electrons. The summed E-state index contributed by atoms with van der Waals surface area (Å²) in [5.41, 5.74) is 0. The van der Waals surface area contributed by atoms with Crippen LogP contribution < -0.4 is 5.32 Å². The number of aliphatic hydroxyl groups excluding tert-OH is 2. The first kappa shape index (κ1) is 77.6. The second kappa shape index (κ2) is 69.1. The molecule has 0 fully saturated rings. The number of carbonyl (C=O) groups is 2. The smallest absolute Gasteiger partial charge is 0.305 e. The predicted octanol–water partition coefficient (Wildman–Crippen LogP) is 23.5. The summed E-state index contributed by atoms with van der Waals surface area (Å²) in [6, 6.07) is -0.542. The van der Waals surface area contributed by atoms with Gasteiger partial charge in [0, 0.05) is 12.8 Å². The number of allylic oxidation sites excluding steroid dienone is 2. The van der Waals surface area contributed by atoms with E-state index in [1.807, 2.05) is 0 Å². The summed E-state index contributed by atoms with van der Waals surface area (Å²) >= 11 is 0. The van der Waals surface area contributed by atoms with E-state index in [1.165, 1.54) is 340 Å². The van der Waals surface area contributed by atoms with Crippen molar-refractivity contribution in [1.82, 2.24) is 5.32 Å². The zero-order valence-corrected chi connectivity index (χ0v) is 53.9. The number of hydrogen-bond acceptors (Lipinski definition) is 5. The lowest BCUT2D eigenvalue weighted by Crippen LogP contribution is -2.45. The Morgan fingerprint density at radius 1 is 0.342 bits per heavy atom. The van der Waals surface area contributed by atoms with Crippen molar-refractivity contribution >= 4 is 11.9 Å². The van der Waals surface area contributed by atoms with E-state index in [2.05, 4.69) is 31.3 Å².